The molecule has 3 heterocycles. The maximum atomic E-state index is 6.79. The summed E-state index contributed by atoms with van der Waals surface area (Å²) < 4.78 is 28.0. The molecule has 4 rings (SSSR count). The van der Waals surface area contributed by atoms with E-state index >= 15 is 0 Å². The molecule has 1 aromatic heterocycles. The van der Waals surface area contributed by atoms with E-state index < -0.39 is 0 Å². The number of hydrogen-bond acceptors (Lipinski definition) is 7. The highest BCUT2D eigenvalue weighted by molar-refractivity contribution is 8.01. The van der Waals surface area contributed by atoms with Crippen LogP contribution in [0.5, 0.6) is 0 Å². The Morgan fingerprint density at radius 2 is 1.43 bits per heavy atom. The second-order valence-corrected chi connectivity index (χ2v) is 15.5. The third-order valence-corrected chi connectivity index (χ3v) is 12.2. The van der Waals surface area contributed by atoms with Gasteiger partial charge in [-0.05, 0) is 54.9 Å². The summed E-state index contributed by atoms with van der Waals surface area (Å²) in [6.07, 6.45) is 10.7. The molecule has 2 aliphatic heterocycles. The lowest BCUT2D eigenvalue weighted by molar-refractivity contribution is -0.149. The van der Waals surface area contributed by atoms with Crippen LogP contribution in [-0.4, -0.2) is 62.3 Å². The van der Waals surface area contributed by atoms with Gasteiger partial charge in [-0.1, -0.05) is 77.6 Å². The van der Waals surface area contributed by atoms with Crippen molar-refractivity contribution < 1.29 is 18.9 Å². The van der Waals surface area contributed by atoms with E-state index in [0.717, 1.165) is 84.2 Å². The first kappa shape index (κ1) is 34.3. The zero-order valence-electron chi connectivity index (χ0n) is 26.4. The smallest absolute Gasteiger partial charge is 0.112 e. The second-order valence-electron chi connectivity index (χ2n) is 11.6. The monoisotopic (exact) mass is 634 g/mol. The fourth-order valence-electron chi connectivity index (χ4n) is 5.61. The van der Waals surface area contributed by atoms with E-state index in [1.165, 1.54) is 32.4 Å². The van der Waals surface area contributed by atoms with Gasteiger partial charge in [0.1, 0.15) is 18.3 Å². The predicted molar refractivity (Wildman–Crippen MR) is 182 cm³/mol. The number of rotatable bonds is 20. The SMILES string of the molecule is CCCCOC[C@H]1S[C@@H](c2cccc(Cc3cc4c(s3)SCC4)c2)[C@H](OCCCC)[C@@H](OCCCC)[C@@H]1OCCCC. The first-order valence-electron chi connectivity index (χ1n) is 16.6. The molecule has 2 aromatic rings. The molecule has 5 atom stereocenters. The van der Waals surface area contributed by atoms with Crippen molar-refractivity contribution in [1.29, 1.82) is 0 Å². The highest BCUT2D eigenvalue weighted by Crippen LogP contribution is 2.47. The average molecular weight is 635 g/mol. The molecule has 0 unspecified atom stereocenters. The summed E-state index contributed by atoms with van der Waals surface area (Å²) in [5.74, 6) is 1.24. The van der Waals surface area contributed by atoms with Crippen LogP contribution in [0.2, 0.25) is 0 Å². The molecule has 42 heavy (non-hydrogen) atoms. The fourth-order valence-corrected chi connectivity index (χ4v) is 9.88. The normalized spacial score (nSPS) is 23.9. The molecule has 0 radical (unpaired) electrons. The van der Waals surface area contributed by atoms with E-state index in [1.807, 2.05) is 34.9 Å². The number of hydrogen-bond donors (Lipinski definition) is 0. The number of aryl methyl sites for hydroxylation is 1. The summed E-state index contributed by atoms with van der Waals surface area (Å²) in [6, 6.07) is 11.7. The van der Waals surface area contributed by atoms with Crippen LogP contribution in [0, 0.1) is 0 Å². The quantitative estimate of drug-likeness (QED) is 0.135. The topological polar surface area (TPSA) is 36.9 Å². The minimum Gasteiger partial charge on any atom is -0.380 e. The summed E-state index contributed by atoms with van der Waals surface area (Å²) in [5.41, 5.74) is 4.27. The van der Waals surface area contributed by atoms with E-state index in [0.29, 0.717) is 6.61 Å². The molecule has 236 valence electrons. The van der Waals surface area contributed by atoms with Crippen LogP contribution in [-0.2, 0) is 31.8 Å². The van der Waals surface area contributed by atoms with Crippen molar-refractivity contribution in [2.75, 3.05) is 38.8 Å². The maximum Gasteiger partial charge on any atom is 0.112 e. The zero-order valence-corrected chi connectivity index (χ0v) is 28.9. The van der Waals surface area contributed by atoms with Crippen LogP contribution >= 0.6 is 34.9 Å². The van der Waals surface area contributed by atoms with Gasteiger partial charge in [-0.3, -0.25) is 0 Å². The van der Waals surface area contributed by atoms with Crippen LogP contribution < -0.4 is 0 Å². The van der Waals surface area contributed by atoms with E-state index in [4.69, 9.17) is 18.9 Å². The Morgan fingerprint density at radius 1 is 0.762 bits per heavy atom. The Hall–Kier alpha value is -0.540. The number of unbranched alkanes of at least 4 members (excludes halogenated alkanes) is 4. The number of ether oxygens (including phenoxy) is 4. The Balaban J connectivity index is 1.61. The van der Waals surface area contributed by atoms with Gasteiger partial charge in [-0.2, -0.15) is 0 Å². The van der Waals surface area contributed by atoms with Gasteiger partial charge >= 0.3 is 0 Å². The molecular weight excluding hydrogens is 581 g/mol. The Morgan fingerprint density at radius 3 is 2.12 bits per heavy atom. The minimum absolute atomic E-state index is 0.0444. The predicted octanol–water partition coefficient (Wildman–Crippen LogP) is 9.52. The van der Waals surface area contributed by atoms with Gasteiger partial charge in [0.25, 0.3) is 0 Å². The van der Waals surface area contributed by atoms with E-state index in [-0.39, 0.29) is 28.8 Å². The Labute approximate surface area is 268 Å². The van der Waals surface area contributed by atoms with Gasteiger partial charge in [0.05, 0.1) is 21.3 Å². The van der Waals surface area contributed by atoms with Crippen LogP contribution in [0.3, 0.4) is 0 Å². The Bertz CT molecular complexity index is 1010. The molecular formula is C35H54O4S3. The second kappa shape index (κ2) is 19.1. The van der Waals surface area contributed by atoms with Crippen molar-refractivity contribution in [3.63, 3.8) is 0 Å². The number of fused-ring (bicyclic) bond motifs is 1. The lowest BCUT2D eigenvalue weighted by Crippen LogP contribution is -2.55. The molecule has 7 heteroatoms. The molecule has 0 bridgehead atoms. The molecule has 0 spiro atoms. The van der Waals surface area contributed by atoms with E-state index in [1.54, 1.807) is 5.56 Å². The van der Waals surface area contributed by atoms with Gasteiger partial charge in [0, 0.05) is 43.5 Å². The van der Waals surface area contributed by atoms with Gasteiger partial charge < -0.3 is 18.9 Å². The highest BCUT2D eigenvalue weighted by Gasteiger charge is 2.48. The largest absolute Gasteiger partial charge is 0.380 e. The van der Waals surface area contributed by atoms with Crippen LogP contribution in [0.1, 0.15) is 106 Å². The summed E-state index contributed by atoms with van der Waals surface area (Å²) in [5, 5.41) is 0.366. The summed E-state index contributed by atoms with van der Waals surface area (Å²) in [4.78, 5) is 1.48. The van der Waals surface area contributed by atoms with Gasteiger partial charge in [-0.25, -0.2) is 0 Å². The van der Waals surface area contributed by atoms with Gasteiger partial charge in [0.15, 0.2) is 0 Å². The fraction of sp³-hybridized carbons (Fsp3) is 0.714. The average Bonchev–Trinajstić information content (AvgIpc) is 3.59. The molecule has 0 aliphatic carbocycles. The number of thioether (sulfide) groups is 2. The summed E-state index contributed by atoms with van der Waals surface area (Å²) in [6.45, 7) is 12.6. The third-order valence-electron chi connectivity index (χ3n) is 8.07. The van der Waals surface area contributed by atoms with E-state index in [9.17, 15) is 0 Å². The number of benzene rings is 1. The molecule has 2 aliphatic rings. The van der Waals surface area contributed by atoms with Crippen molar-refractivity contribution in [1.82, 2.24) is 0 Å². The molecule has 0 N–H and O–H groups in total. The third kappa shape index (κ3) is 9.98. The van der Waals surface area contributed by atoms with Crippen LogP contribution in [0.15, 0.2) is 34.5 Å². The maximum absolute atomic E-state index is 6.79. The molecule has 1 aromatic carbocycles. The standard InChI is InChI=1S/C35H54O4S3/c1-5-9-17-36-25-30-31(37-18-10-6-2)32(38-19-11-7-3)33(39-20-12-8-4)34(42-30)27-15-13-14-26(22-27)23-29-24-28-16-21-40-35(28)41-29/h13-15,22,24,30-34H,5-12,16-21,23,25H2,1-4H3/t30-,31-,32+,33-,34+/m1/s1. The Kier molecular flexibility index (Phi) is 15.6. The highest BCUT2D eigenvalue weighted by atomic mass is 32.2. The first-order valence-corrected chi connectivity index (χ1v) is 19.3. The minimum atomic E-state index is -0.114. The van der Waals surface area contributed by atoms with Crippen molar-refractivity contribution in [3.8, 4) is 0 Å². The van der Waals surface area contributed by atoms with Crippen molar-refractivity contribution >= 4 is 34.9 Å². The first-order chi connectivity index (χ1) is 20.7. The lowest BCUT2D eigenvalue weighted by atomic mass is 9.94. The van der Waals surface area contributed by atoms with Gasteiger partial charge in [-0.15, -0.1) is 34.9 Å². The van der Waals surface area contributed by atoms with Gasteiger partial charge in [0.2, 0.25) is 0 Å². The lowest BCUT2D eigenvalue weighted by Gasteiger charge is -2.46. The molecule has 0 amide bonds. The molecule has 0 saturated carbocycles. The molecule has 1 fully saturated rings. The number of thiophene rings is 1. The van der Waals surface area contributed by atoms with Crippen LogP contribution in [0.25, 0.3) is 0 Å². The molecule has 1 saturated heterocycles. The van der Waals surface area contributed by atoms with Crippen molar-refractivity contribution in [2.24, 2.45) is 0 Å². The van der Waals surface area contributed by atoms with E-state index in [2.05, 4.69) is 58.0 Å². The zero-order chi connectivity index (χ0) is 29.6. The van der Waals surface area contributed by atoms with Crippen LogP contribution in [0.4, 0.5) is 0 Å². The summed E-state index contributed by atoms with van der Waals surface area (Å²) >= 11 is 6.00. The van der Waals surface area contributed by atoms with Crippen molar-refractivity contribution in [2.45, 2.75) is 125 Å². The molecule has 4 nitrogen and oxygen atoms in total. The summed E-state index contributed by atoms with van der Waals surface area (Å²) in [7, 11) is 0. The van der Waals surface area contributed by atoms with Crippen molar-refractivity contribution in [3.05, 3.63) is 51.9 Å².